The van der Waals surface area contributed by atoms with Crippen LogP contribution in [0.15, 0.2) is 48.5 Å². The number of hydrogen-bond acceptors (Lipinski definition) is 3. The maximum Gasteiger partial charge on any atom is 0.121 e. The third-order valence-corrected chi connectivity index (χ3v) is 3.34. The van der Waals surface area contributed by atoms with Crippen molar-refractivity contribution in [2.45, 2.75) is 26.7 Å². The van der Waals surface area contributed by atoms with E-state index in [1.165, 1.54) is 5.56 Å². The largest absolute Gasteiger partial charge is 0.494 e. The van der Waals surface area contributed by atoms with Gasteiger partial charge >= 0.3 is 0 Å². The van der Waals surface area contributed by atoms with Crippen LogP contribution in [0, 0.1) is 0 Å². The Balaban J connectivity index is 1.73. The van der Waals surface area contributed by atoms with Crippen LogP contribution in [0.4, 0.5) is 5.69 Å². The van der Waals surface area contributed by atoms with Crippen LogP contribution in [0.1, 0.15) is 25.8 Å². The first-order valence-electron chi connectivity index (χ1n) is 8.00. The zero-order chi connectivity index (χ0) is 15.6. The maximum atomic E-state index is 5.73. The molecule has 0 amide bonds. The number of hydrogen-bond donors (Lipinski definition) is 1. The average Bonchev–Trinajstić information content (AvgIpc) is 2.58. The summed E-state index contributed by atoms with van der Waals surface area (Å²) < 4.78 is 11.4. The number of nitrogens with one attached hydrogen (secondary N) is 1. The third kappa shape index (κ3) is 5.32. The zero-order valence-electron chi connectivity index (χ0n) is 13.5. The molecule has 2 rings (SSSR count). The minimum Gasteiger partial charge on any atom is -0.494 e. The van der Waals surface area contributed by atoms with Gasteiger partial charge < -0.3 is 14.8 Å². The Morgan fingerprint density at radius 3 is 2.36 bits per heavy atom. The van der Waals surface area contributed by atoms with Crippen molar-refractivity contribution in [3.63, 3.8) is 0 Å². The average molecular weight is 299 g/mol. The van der Waals surface area contributed by atoms with Gasteiger partial charge in [-0.25, -0.2) is 0 Å². The highest BCUT2D eigenvalue weighted by Crippen LogP contribution is 2.17. The summed E-state index contributed by atoms with van der Waals surface area (Å²) in [6.45, 7) is 6.39. The highest BCUT2D eigenvalue weighted by molar-refractivity contribution is 5.48. The second-order valence-corrected chi connectivity index (χ2v) is 5.15. The molecule has 0 saturated heterocycles. The van der Waals surface area contributed by atoms with Crippen molar-refractivity contribution < 1.29 is 9.47 Å². The Labute approximate surface area is 133 Å². The fourth-order valence-corrected chi connectivity index (χ4v) is 2.10. The minimum absolute atomic E-state index is 0.630. The predicted octanol–water partition coefficient (Wildman–Crippen LogP) is 4.53. The lowest BCUT2D eigenvalue weighted by Crippen LogP contribution is -2.11. The van der Waals surface area contributed by atoms with Gasteiger partial charge in [0.1, 0.15) is 18.1 Å². The van der Waals surface area contributed by atoms with E-state index in [0.717, 1.165) is 43.2 Å². The summed E-state index contributed by atoms with van der Waals surface area (Å²) in [4.78, 5) is 0. The van der Waals surface area contributed by atoms with Crippen LogP contribution in [0.3, 0.4) is 0 Å². The molecular weight excluding hydrogens is 274 g/mol. The molecule has 3 nitrogen and oxygen atoms in total. The summed E-state index contributed by atoms with van der Waals surface area (Å²) in [6, 6.07) is 16.3. The van der Waals surface area contributed by atoms with Crippen molar-refractivity contribution in [3.05, 3.63) is 54.1 Å². The van der Waals surface area contributed by atoms with E-state index >= 15 is 0 Å². The number of rotatable bonds is 9. The first-order valence-corrected chi connectivity index (χ1v) is 8.00. The molecule has 0 aliphatic carbocycles. The number of benzene rings is 2. The molecule has 0 aliphatic rings. The van der Waals surface area contributed by atoms with Gasteiger partial charge in [0, 0.05) is 18.3 Å². The van der Waals surface area contributed by atoms with Gasteiger partial charge in [0.05, 0.1) is 6.61 Å². The van der Waals surface area contributed by atoms with Crippen molar-refractivity contribution in [1.82, 2.24) is 0 Å². The Bertz CT molecular complexity index is 552. The first-order chi connectivity index (χ1) is 10.8. The normalized spacial score (nSPS) is 10.3. The summed E-state index contributed by atoms with van der Waals surface area (Å²) in [6.07, 6.45) is 2.07. The van der Waals surface area contributed by atoms with Gasteiger partial charge in [-0.3, -0.25) is 0 Å². The molecule has 22 heavy (non-hydrogen) atoms. The van der Waals surface area contributed by atoms with Gasteiger partial charge in [-0.05, 0) is 42.7 Å². The van der Waals surface area contributed by atoms with E-state index in [2.05, 4.69) is 31.3 Å². The number of anilines is 1. The summed E-state index contributed by atoms with van der Waals surface area (Å²) >= 11 is 0. The molecule has 2 aromatic carbocycles. The van der Waals surface area contributed by atoms with Gasteiger partial charge in [0.2, 0.25) is 0 Å². The fourth-order valence-electron chi connectivity index (χ4n) is 2.10. The first kappa shape index (κ1) is 16.2. The molecular formula is C19H25NO2. The van der Waals surface area contributed by atoms with Crippen molar-refractivity contribution in [1.29, 1.82) is 0 Å². The lowest BCUT2D eigenvalue weighted by Gasteiger charge is -2.10. The molecule has 0 spiro atoms. The van der Waals surface area contributed by atoms with Crippen LogP contribution in [0.25, 0.3) is 0 Å². The Hall–Kier alpha value is -2.16. The topological polar surface area (TPSA) is 30.5 Å². The molecule has 2 aromatic rings. The van der Waals surface area contributed by atoms with Crippen LogP contribution < -0.4 is 14.8 Å². The van der Waals surface area contributed by atoms with Gasteiger partial charge in [0.25, 0.3) is 0 Å². The second-order valence-electron chi connectivity index (χ2n) is 5.15. The standard InChI is InChI=1S/C19H25NO2/c1-3-13-21-19-7-5-6-17(15-19)20-12-14-22-18-10-8-16(4-2)9-11-18/h5-11,15,20H,3-4,12-14H2,1-2H3. The number of aryl methyl sites for hydroxylation is 1. The molecule has 0 aromatic heterocycles. The lowest BCUT2D eigenvalue weighted by atomic mass is 10.2. The van der Waals surface area contributed by atoms with Crippen LogP contribution in [-0.2, 0) is 6.42 Å². The van der Waals surface area contributed by atoms with Crippen LogP contribution in [-0.4, -0.2) is 19.8 Å². The van der Waals surface area contributed by atoms with Crippen LogP contribution in [0.5, 0.6) is 11.5 Å². The lowest BCUT2D eigenvalue weighted by molar-refractivity contribution is 0.317. The summed E-state index contributed by atoms with van der Waals surface area (Å²) in [7, 11) is 0. The predicted molar refractivity (Wildman–Crippen MR) is 92.0 cm³/mol. The van der Waals surface area contributed by atoms with E-state index in [-0.39, 0.29) is 0 Å². The monoisotopic (exact) mass is 299 g/mol. The molecule has 3 heteroatoms. The summed E-state index contributed by atoms with van der Waals surface area (Å²) in [5, 5.41) is 3.35. The zero-order valence-corrected chi connectivity index (χ0v) is 13.5. The molecule has 0 radical (unpaired) electrons. The van der Waals surface area contributed by atoms with Gasteiger partial charge in [-0.1, -0.05) is 32.0 Å². The van der Waals surface area contributed by atoms with E-state index in [0.29, 0.717) is 6.61 Å². The molecule has 0 unspecified atom stereocenters. The van der Waals surface area contributed by atoms with E-state index in [4.69, 9.17) is 9.47 Å². The van der Waals surface area contributed by atoms with E-state index in [1.807, 2.05) is 36.4 Å². The van der Waals surface area contributed by atoms with Crippen LogP contribution >= 0.6 is 0 Å². The number of ether oxygens (including phenoxy) is 2. The highest BCUT2D eigenvalue weighted by Gasteiger charge is 1.97. The summed E-state index contributed by atoms with van der Waals surface area (Å²) in [5.41, 5.74) is 2.38. The van der Waals surface area contributed by atoms with E-state index in [9.17, 15) is 0 Å². The van der Waals surface area contributed by atoms with E-state index < -0.39 is 0 Å². The third-order valence-electron chi connectivity index (χ3n) is 3.34. The van der Waals surface area contributed by atoms with Gasteiger partial charge in [-0.15, -0.1) is 0 Å². The highest BCUT2D eigenvalue weighted by atomic mass is 16.5. The molecule has 0 heterocycles. The van der Waals surface area contributed by atoms with Crippen LogP contribution in [0.2, 0.25) is 0 Å². The minimum atomic E-state index is 0.630. The Morgan fingerprint density at radius 1 is 0.864 bits per heavy atom. The quantitative estimate of drug-likeness (QED) is 0.690. The Kier molecular flexibility index (Phi) is 6.62. The molecule has 0 fully saturated rings. The van der Waals surface area contributed by atoms with Crippen molar-refractivity contribution >= 4 is 5.69 Å². The Morgan fingerprint density at radius 2 is 1.64 bits per heavy atom. The molecule has 0 aliphatic heterocycles. The van der Waals surface area contributed by atoms with Crippen molar-refractivity contribution in [2.24, 2.45) is 0 Å². The van der Waals surface area contributed by atoms with Gasteiger partial charge in [0.15, 0.2) is 0 Å². The molecule has 0 saturated carbocycles. The smallest absolute Gasteiger partial charge is 0.121 e. The fraction of sp³-hybridized carbons (Fsp3) is 0.368. The SMILES string of the molecule is CCCOc1cccc(NCCOc2ccc(CC)cc2)c1. The molecule has 1 N–H and O–H groups in total. The molecule has 0 bridgehead atoms. The van der Waals surface area contributed by atoms with E-state index in [1.54, 1.807) is 0 Å². The molecule has 0 atom stereocenters. The van der Waals surface area contributed by atoms with Crippen molar-refractivity contribution in [2.75, 3.05) is 25.1 Å². The van der Waals surface area contributed by atoms with Gasteiger partial charge in [-0.2, -0.15) is 0 Å². The summed E-state index contributed by atoms with van der Waals surface area (Å²) in [5.74, 6) is 1.82. The molecule has 118 valence electrons. The maximum absolute atomic E-state index is 5.73. The second kappa shape index (κ2) is 8.98. The van der Waals surface area contributed by atoms with Crippen molar-refractivity contribution in [3.8, 4) is 11.5 Å².